The zero-order valence-corrected chi connectivity index (χ0v) is 23.3. The molecule has 11 heteroatoms. The maximum atomic E-state index is 13.8. The Bertz CT molecular complexity index is 1370. The first-order valence-electron chi connectivity index (χ1n) is 11.4. The molecule has 37 heavy (non-hydrogen) atoms. The molecule has 2 amide bonds. The van der Waals surface area contributed by atoms with Gasteiger partial charge >= 0.3 is 0 Å². The van der Waals surface area contributed by atoms with Crippen LogP contribution in [0.4, 0.5) is 5.69 Å². The third-order valence-electron chi connectivity index (χ3n) is 5.68. The van der Waals surface area contributed by atoms with Crippen LogP contribution in [-0.4, -0.2) is 44.8 Å². The third-order valence-corrected chi connectivity index (χ3v) is 8.44. The van der Waals surface area contributed by atoms with E-state index in [9.17, 15) is 18.0 Å². The summed E-state index contributed by atoms with van der Waals surface area (Å²) < 4.78 is 28.3. The molecule has 0 saturated heterocycles. The number of sulfonamides is 1. The summed E-state index contributed by atoms with van der Waals surface area (Å²) in [6.45, 7) is 1.22. The van der Waals surface area contributed by atoms with Crippen molar-refractivity contribution < 1.29 is 18.0 Å². The van der Waals surface area contributed by atoms with Crippen LogP contribution in [0.1, 0.15) is 18.9 Å². The highest BCUT2D eigenvalue weighted by atomic mass is 35.5. The minimum absolute atomic E-state index is 0.0103. The summed E-state index contributed by atoms with van der Waals surface area (Å²) in [5, 5.41) is 3.53. The molecule has 0 fully saturated rings. The maximum Gasteiger partial charge on any atom is 0.264 e. The number of benzene rings is 3. The molecule has 0 aliphatic heterocycles. The third kappa shape index (κ3) is 6.96. The molecule has 0 bridgehead atoms. The monoisotopic (exact) mass is 581 g/mol. The molecule has 0 spiro atoms. The van der Waals surface area contributed by atoms with E-state index in [1.807, 2.05) is 0 Å². The number of anilines is 1. The predicted octanol–water partition coefficient (Wildman–Crippen LogP) is 5.40. The van der Waals surface area contributed by atoms with Crippen molar-refractivity contribution in [1.29, 1.82) is 0 Å². The minimum Gasteiger partial charge on any atom is -0.357 e. The standard InChI is InChI=1S/C26H26Cl3N3O4S/c1-3-24(26(34)30-2)31(16-18-12-13-22(28)23(29)14-18)25(33)17-32(20-9-7-8-19(27)15-20)37(35,36)21-10-5-4-6-11-21/h4-15,24H,3,16-17H2,1-2H3,(H,30,34)/t24-/m0/s1. The van der Waals surface area contributed by atoms with Crippen molar-refractivity contribution in [3.05, 3.63) is 93.4 Å². The van der Waals surface area contributed by atoms with Crippen LogP contribution < -0.4 is 9.62 Å². The number of nitrogens with one attached hydrogen (secondary N) is 1. The topological polar surface area (TPSA) is 86.8 Å². The van der Waals surface area contributed by atoms with Gasteiger partial charge in [-0.1, -0.05) is 72.1 Å². The number of likely N-dealkylation sites (N-methyl/N-ethyl adjacent to an activating group) is 1. The highest BCUT2D eigenvalue weighted by Crippen LogP contribution is 2.28. The molecule has 0 aliphatic carbocycles. The van der Waals surface area contributed by atoms with Gasteiger partial charge < -0.3 is 10.2 Å². The summed E-state index contributed by atoms with van der Waals surface area (Å²) in [5.74, 6) is -0.961. The zero-order chi connectivity index (χ0) is 27.2. The van der Waals surface area contributed by atoms with Crippen LogP contribution >= 0.6 is 34.8 Å². The van der Waals surface area contributed by atoms with Gasteiger partial charge in [0.25, 0.3) is 10.0 Å². The Labute approximate surface area is 232 Å². The van der Waals surface area contributed by atoms with Crippen LogP contribution in [0.25, 0.3) is 0 Å². The minimum atomic E-state index is -4.15. The molecule has 0 radical (unpaired) electrons. The summed E-state index contributed by atoms with van der Waals surface area (Å²) in [6.07, 6.45) is 0.301. The van der Waals surface area contributed by atoms with E-state index < -0.39 is 28.5 Å². The molecule has 7 nitrogen and oxygen atoms in total. The summed E-state index contributed by atoms with van der Waals surface area (Å²) in [4.78, 5) is 27.9. The molecule has 0 heterocycles. The largest absolute Gasteiger partial charge is 0.357 e. The highest BCUT2D eigenvalue weighted by molar-refractivity contribution is 7.92. The zero-order valence-electron chi connectivity index (χ0n) is 20.2. The highest BCUT2D eigenvalue weighted by Gasteiger charge is 2.33. The second kappa shape index (κ2) is 12.6. The van der Waals surface area contributed by atoms with Crippen LogP contribution in [0, 0.1) is 0 Å². The van der Waals surface area contributed by atoms with E-state index in [1.165, 1.54) is 30.1 Å². The lowest BCUT2D eigenvalue weighted by molar-refractivity contribution is -0.140. The second-order valence-electron chi connectivity index (χ2n) is 8.11. The van der Waals surface area contributed by atoms with Crippen molar-refractivity contribution in [2.75, 3.05) is 17.9 Å². The van der Waals surface area contributed by atoms with E-state index in [0.717, 1.165) is 4.31 Å². The molecule has 1 N–H and O–H groups in total. The Balaban J connectivity index is 2.06. The molecule has 0 saturated carbocycles. The molecule has 0 aliphatic rings. The van der Waals surface area contributed by atoms with Crippen molar-refractivity contribution in [2.24, 2.45) is 0 Å². The van der Waals surface area contributed by atoms with Gasteiger partial charge in [-0.15, -0.1) is 0 Å². The van der Waals surface area contributed by atoms with E-state index in [4.69, 9.17) is 34.8 Å². The molecular weight excluding hydrogens is 557 g/mol. The Kier molecular flexibility index (Phi) is 9.84. The maximum absolute atomic E-state index is 13.8. The van der Waals surface area contributed by atoms with Crippen LogP contribution in [-0.2, 0) is 26.2 Å². The lowest BCUT2D eigenvalue weighted by Gasteiger charge is -2.33. The second-order valence-corrected chi connectivity index (χ2v) is 11.2. The van der Waals surface area contributed by atoms with Gasteiger partial charge in [0.2, 0.25) is 11.8 Å². The van der Waals surface area contributed by atoms with Gasteiger partial charge in [-0.2, -0.15) is 0 Å². The van der Waals surface area contributed by atoms with Gasteiger partial charge in [0.1, 0.15) is 12.6 Å². The van der Waals surface area contributed by atoms with Gasteiger partial charge in [0.15, 0.2) is 0 Å². The first-order valence-corrected chi connectivity index (χ1v) is 13.9. The van der Waals surface area contributed by atoms with Crippen LogP contribution in [0.15, 0.2) is 77.7 Å². The number of halogens is 3. The average Bonchev–Trinajstić information content (AvgIpc) is 2.89. The van der Waals surface area contributed by atoms with Crippen molar-refractivity contribution in [3.63, 3.8) is 0 Å². The van der Waals surface area contributed by atoms with E-state index in [1.54, 1.807) is 61.5 Å². The average molecular weight is 583 g/mol. The lowest BCUT2D eigenvalue weighted by Crippen LogP contribution is -2.51. The molecule has 0 aromatic heterocycles. The van der Waals surface area contributed by atoms with Crippen molar-refractivity contribution in [1.82, 2.24) is 10.2 Å². The number of carbonyl (C=O) groups is 2. The Morgan fingerprint density at radius 3 is 2.22 bits per heavy atom. The van der Waals surface area contributed by atoms with Gasteiger partial charge in [-0.05, 0) is 54.4 Å². The van der Waals surface area contributed by atoms with Crippen LogP contribution in [0.3, 0.4) is 0 Å². The van der Waals surface area contributed by atoms with E-state index >= 15 is 0 Å². The molecule has 3 aromatic carbocycles. The summed E-state index contributed by atoms with van der Waals surface area (Å²) >= 11 is 18.4. The lowest BCUT2D eigenvalue weighted by atomic mass is 10.1. The smallest absolute Gasteiger partial charge is 0.264 e. The number of rotatable bonds is 10. The van der Waals surface area contributed by atoms with Gasteiger partial charge in [-0.25, -0.2) is 8.42 Å². The molecular formula is C26H26Cl3N3O4S. The van der Waals surface area contributed by atoms with E-state index in [2.05, 4.69) is 5.32 Å². The quantitative estimate of drug-likeness (QED) is 0.347. The normalized spacial score (nSPS) is 12.0. The van der Waals surface area contributed by atoms with Gasteiger partial charge in [0, 0.05) is 18.6 Å². The summed E-state index contributed by atoms with van der Waals surface area (Å²) in [6, 6.07) is 18.1. The predicted molar refractivity (Wildman–Crippen MR) is 148 cm³/mol. The van der Waals surface area contributed by atoms with Gasteiger partial charge in [0.05, 0.1) is 20.6 Å². The molecule has 196 valence electrons. The first-order chi connectivity index (χ1) is 17.6. The van der Waals surface area contributed by atoms with Crippen molar-refractivity contribution in [2.45, 2.75) is 30.8 Å². The fraction of sp³-hybridized carbons (Fsp3) is 0.231. The van der Waals surface area contributed by atoms with Crippen molar-refractivity contribution >= 4 is 62.3 Å². The summed E-state index contributed by atoms with van der Waals surface area (Å²) in [5.41, 5.74) is 0.845. The SMILES string of the molecule is CC[C@@H](C(=O)NC)N(Cc1ccc(Cl)c(Cl)c1)C(=O)CN(c1cccc(Cl)c1)S(=O)(=O)c1ccccc1. The number of hydrogen-bond acceptors (Lipinski definition) is 4. The number of hydrogen-bond donors (Lipinski definition) is 1. The summed E-state index contributed by atoms with van der Waals surface area (Å²) in [7, 11) is -2.68. The van der Waals surface area contributed by atoms with Crippen LogP contribution in [0.5, 0.6) is 0 Å². The van der Waals surface area contributed by atoms with E-state index in [0.29, 0.717) is 27.1 Å². The molecule has 3 aromatic rings. The fourth-order valence-corrected chi connectivity index (χ4v) is 5.73. The first kappa shape index (κ1) is 28.8. The number of amides is 2. The Morgan fingerprint density at radius 2 is 1.62 bits per heavy atom. The Hall–Kier alpha value is -2.78. The molecule has 0 unspecified atom stereocenters. The fourth-order valence-electron chi connectivity index (χ4n) is 3.80. The van der Waals surface area contributed by atoms with Gasteiger partial charge in [-0.3, -0.25) is 13.9 Å². The van der Waals surface area contributed by atoms with E-state index in [-0.39, 0.29) is 23.0 Å². The molecule has 3 rings (SSSR count). The number of carbonyl (C=O) groups excluding carboxylic acids is 2. The number of nitrogens with zero attached hydrogens (tertiary/aromatic N) is 2. The Morgan fingerprint density at radius 1 is 0.919 bits per heavy atom. The van der Waals surface area contributed by atoms with Crippen molar-refractivity contribution in [3.8, 4) is 0 Å². The molecule has 1 atom stereocenters. The van der Waals surface area contributed by atoms with Crippen LogP contribution in [0.2, 0.25) is 15.1 Å².